The van der Waals surface area contributed by atoms with Crippen molar-refractivity contribution < 1.29 is 28.1 Å². The zero-order chi connectivity index (χ0) is 60.8. The second kappa shape index (κ2) is 23.2. The molecule has 0 N–H and O–H groups in total. The Morgan fingerprint density at radius 3 is 0.707 bits per heavy atom. The van der Waals surface area contributed by atoms with E-state index in [0.717, 1.165) is 46.0 Å². The SMILES string of the molecule is CC[SiH2][Zr]([Cl])([Cl])([CH2]CCCC[CH2][Zr]([Cl])([Cl])([SiH2]CC)([CH]1C(C)=Cc2c(C(C)C)cc(C(C)C)cc21)[CH]1C(C)=Cc2c(C(C)C)cc(C(C)C)cc21)([CH]1C(C)=Cc2c(C(C)C)cc(C(C)C)cc21)[CH]1C(C)=Cc2c(C(C)C)cc(C(C)C)cc21. The summed E-state index contributed by atoms with van der Waals surface area (Å²) in [6.07, 6.45) is 14.4. The van der Waals surface area contributed by atoms with Crippen LogP contribution in [0.15, 0.2) is 70.8 Å². The molecule has 0 spiro atoms. The van der Waals surface area contributed by atoms with Crippen molar-refractivity contribution in [2.24, 2.45) is 0 Å². The molecule has 0 heterocycles. The Morgan fingerprint density at radius 2 is 0.537 bits per heavy atom. The third-order valence-corrected chi connectivity index (χ3v) is 126. The van der Waals surface area contributed by atoms with Crippen LogP contribution in [0.4, 0.5) is 0 Å². The molecule has 0 aliphatic heterocycles. The van der Waals surface area contributed by atoms with Gasteiger partial charge in [-0.25, -0.2) is 0 Å². The van der Waals surface area contributed by atoms with Gasteiger partial charge in [-0.1, -0.05) is 0 Å². The van der Waals surface area contributed by atoms with Crippen molar-refractivity contribution in [1.29, 1.82) is 0 Å². The molecule has 450 valence electrons. The van der Waals surface area contributed by atoms with Gasteiger partial charge in [0.25, 0.3) is 0 Å². The van der Waals surface area contributed by atoms with Crippen LogP contribution in [0.5, 0.6) is 0 Å². The zero-order valence-corrected chi connectivity index (χ0v) is 66.2. The number of halogens is 4. The average molecular weight is 1380 g/mol. The van der Waals surface area contributed by atoms with Gasteiger partial charge in [-0.15, -0.1) is 0 Å². The molecule has 4 aliphatic rings. The third-order valence-electron chi connectivity index (χ3n) is 22.2. The van der Waals surface area contributed by atoms with Crippen LogP contribution in [0.2, 0.25) is 20.3 Å². The predicted octanol–water partition coefficient (Wildman–Crippen LogP) is 25.1. The van der Waals surface area contributed by atoms with Gasteiger partial charge in [0.1, 0.15) is 0 Å². The molecule has 0 saturated heterocycles. The first kappa shape index (κ1) is 67.1. The molecule has 0 saturated carbocycles. The van der Waals surface area contributed by atoms with Gasteiger partial charge in [-0.3, -0.25) is 0 Å². The van der Waals surface area contributed by atoms with Crippen LogP contribution in [0.1, 0.15) is 329 Å². The van der Waals surface area contributed by atoms with E-state index in [1.54, 1.807) is 0 Å². The number of hydrogen-bond acceptors (Lipinski definition) is 0. The second-order valence-corrected chi connectivity index (χ2v) is 136. The molecule has 4 aromatic rings. The molecule has 0 aromatic heterocycles. The summed E-state index contributed by atoms with van der Waals surface area (Å²) in [7, 11) is 39.0. The summed E-state index contributed by atoms with van der Waals surface area (Å²) < 4.78 is 1.99. The molecular weight excluding hydrogens is 1270 g/mol. The van der Waals surface area contributed by atoms with E-state index in [0.29, 0.717) is 47.3 Å². The molecule has 4 aliphatic carbocycles. The Bertz CT molecular complexity index is 2910. The molecule has 82 heavy (non-hydrogen) atoms. The van der Waals surface area contributed by atoms with Gasteiger partial charge < -0.3 is 0 Å². The van der Waals surface area contributed by atoms with Crippen molar-refractivity contribution >= 4 is 71.6 Å². The molecule has 0 fully saturated rings. The van der Waals surface area contributed by atoms with Crippen molar-refractivity contribution in [3.8, 4) is 0 Å². The summed E-state index contributed by atoms with van der Waals surface area (Å²) >= 11 is -11.7. The van der Waals surface area contributed by atoms with Crippen LogP contribution in [-0.4, -0.2) is 13.3 Å². The monoisotopic (exact) mass is 1370 g/mol. The maximum absolute atomic E-state index is 9.76. The van der Waals surface area contributed by atoms with E-state index in [4.69, 9.17) is 0 Å². The number of hydrogen-bond donors (Lipinski definition) is 0. The van der Waals surface area contributed by atoms with Gasteiger partial charge in [0.15, 0.2) is 0 Å². The third kappa shape index (κ3) is 11.0. The fraction of sp³-hybridized carbons (Fsp3) is 0.568. The molecule has 8 heteroatoms. The quantitative estimate of drug-likeness (QED) is 0.0513. The topological polar surface area (TPSA) is 0 Å². The Kier molecular flexibility index (Phi) is 19.0. The van der Waals surface area contributed by atoms with Gasteiger partial charge >= 0.3 is 520 Å². The van der Waals surface area contributed by atoms with Gasteiger partial charge in [0, 0.05) is 0 Å². The average Bonchev–Trinajstić information content (AvgIpc) is 2.74. The minimum absolute atomic E-state index is 0.0374. The summed E-state index contributed by atoms with van der Waals surface area (Å²) in [6, 6.07) is 22.6. The molecule has 0 bridgehead atoms. The van der Waals surface area contributed by atoms with Gasteiger partial charge in [0.05, 0.1) is 0 Å². The fourth-order valence-corrected chi connectivity index (χ4v) is 135. The van der Waals surface area contributed by atoms with E-state index in [-0.39, 0.29) is 14.5 Å². The van der Waals surface area contributed by atoms with Gasteiger partial charge in [-0.05, 0) is 0 Å². The number of fused-ring (bicyclic) bond motifs is 4. The fourth-order valence-electron chi connectivity index (χ4n) is 18.8. The number of rotatable bonds is 23. The van der Waals surface area contributed by atoms with E-state index in [9.17, 15) is 34.1 Å². The summed E-state index contributed by atoms with van der Waals surface area (Å²) in [6.45, 7) is 50.3. The van der Waals surface area contributed by atoms with Crippen LogP contribution >= 0.6 is 34.1 Å². The Labute approximate surface area is 514 Å². The second-order valence-electron chi connectivity index (χ2n) is 30.9. The summed E-state index contributed by atoms with van der Waals surface area (Å²) in [5, 5.41) is 0. The van der Waals surface area contributed by atoms with E-state index < -0.39 is 41.4 Å². The normalized spacial score (nSPS) is 21.0. The summed E-state index contributed by atoms with van der Waals surface area (Å²) in [4.78, 5) is 0. The first-order chi connectivity index (χ1) is 38.0. The van der Waals surface area contributed by atoms with Crippen LogP contribution < -0.4 is 0 Å². The minimum atomic E-state index is -5.85. The molecule has 4 unspecified atom stereocenters. The van der Waals surface area contributed by atoms with Gasteiger partial charge in [0.2, 0.25) is 0 Å². The number of allylic oxidation sites excluding steroid dienone is 4. The van der Waals surface area contributed by atoms with E-state index in [1.807, 2.05) is 0 Å². The van der Waals surface area contributed by atoms with Crippen LogP contribution in [0, 0.1) is 0 Å². The van der Waals surface area contributed by atoms with Crippen molar-refractivity contribution in [2.45, 2.75) is 260 Å². The zero-order valence-electron chi connectivity index (χ0n) is 55.4. The Balaban J connectivity index is 1.30. The Morgan fingerprint density at radius 1 is 0.329 bits per heavy atom. The van der Waals surface area contributed by atoms with Crippen molar-refractivity contribution in [1.82, 2.24) is 0 Å². The number of unbranched alkanes of at least 4 members (excludes halogenated alkanes) is 3. The summed E-state index contributed by atoms with van der Waals surface area (Å²) in [5.74, 6) is 3.13. The van der Waals surface area contributed by atoms with Crippen molar-refractivity contribution in [3.05, 3.63) is 160 Å². The Hall–Kier alpha value is -0.800. The molecule has 8 rings (SSSR count). The maximum atomic E-state index is 9.76. The van der Waals surface area contributed by atoms with Crippen LogP contribution in [0.25, 0.3) is 24.3 Å². The first-order valence-electron chi connectivity index (χ1n) is 33.0. The van der Waals surface area contributed by atoms with Crippen LogP contribution in [-0.2, 0) is 28.1 Å². The van der Waals surface area contributed by atoms with Gasteiger partial charge in [-0.2, -0.15) is 0 Å². The standard InChI is InChI=1S/4C16H21.C6H12.2C2H7Si.4ClH.2Zr/c4*1-10(2)13-8-14-6-12(5)7-16(14)15(9-13)11(3)4;1-3-5-6-4-2;2*1-2-3;;;;;;/h4*6-11H,1-5H3;1-6H2;2*2-3H2,1H3;4*1H;;/q;;;;;;;;;;;2*+2/p-4. The molecule has 0 nitrogen and oxygen atoms in total. The first-order valence-corrected chi connectivity index (χ1v) is 68.7. The molecule has 0 radical (unpaired) electrons. The van der Waals surface area contributed by atoms with E-state index in [1.165, 1.54) is 111 Å². The van der Waals surface area contributed by atoms with Crippen LogP contribution in [0.3, 0.4) is 0 Å². The molecular formula is C74H110Cl4Si2Zr2. The molecule has 0 amide bonds. The summed E-state index contributed by atoms with van der Waals surface area (Å²) in [5.41, 5.74) is 28.5. The van der Waals surface area contributed by atoms with E-state index in [2.05, 4.69) is 225 Å². The molecule has 4 aromatic carbocycles. The predicted molar refractivity (Wildman–Crippen MR) is 374 cm³/mol. The molecule has 4 atom stereocenters. The van der Waals surface area contributed by atoms with E-state index >= 15 is 0 Å². The van der Waals surface area contributed by atoms with Crippen molar-refractivity contribution in [2.75, 3.05) is 0 Å². The number of benzene rings is 4. The van der Waals surface area contributed by atoms with Crippen molar-refractivity contribution in [3.63, 3.8) is 0 Å².